The van der Waals surface area contributed by atoms with Gasteiger partial charge in [-0.05, 0) is 60.3 Å². The van der Waals surface area contributed by atoms with Crippen LogP contribution in [0.5, 0.6) is 0 Å². The molecule has 1 unspecified atom stereocenters. The van der Waals surface area contributed by atoms with E-state index in [2.05, 4.69) is 29.6 Å². The summed E-state index contributed by atoms with van der Waals surface area (Å²) < 4.78 is 5.67. The van der Waals surface area contributed by atoms with Crippen LogP contribution < -0.4 is 5.32 Å². The van der Waals surface area contributed by atoms with Crippen molar-refractivity contribution >= 4 is 18.0 Å². The summed E-state index contributed by atoms with van der Waals surface area (Å²) >= 11 is 0. The number of carboxylic acid groups (broad SMARTS) is 1. The first-order valence-corrected chi connectivity index (χ1v) is 12.2. The Labute approximate surface area is 198 Å². The minimum Gasteiger partial charge on any atom is -0.481 e. The number of carboxylic acids is 1. The van der Waals surface area contributed by atoms with Crippen molar-refractivity contribution in [1.29, 1.82) is 0 Å². The molecule has 3 fully saturated rings. The third kappa shape index (κ3) is 3.45. The number of hydrogen-bond donors (Lipinski definition) is 2. The number of amides is 2. The molecule has 2 N–H and O–H groups in total. The second-order valence-corrected chi connectivity index (χ2v) is 10.0. The zero-order chi connectivity index (χ0) is 23.4. The van der Waals surface area contributed by atoms with E-state index in [4.69, 9.17) is 4.74 Å². The van der Waals surface area contributed by atoms with Gasteiger partial charge in [0.2, 0.25) is 5.91 Å². The maximum atomic E-state index is 13.4. The fourth-order valence-corrected chi connectivity index (χ4v) is 6.34. The van der Waals surface area contributed by atoms with Crippen LogP contribution in [0.15, 0.2) is 48.5 Å². The summed E-state index contributed by atoms with van der Waals surface area (Å²) in [5.41, 5.74) is 4.60. The van der Waals surface area contributed by atoms with E-state index < -0.39 is 24.0 Å². The van der Waals surface area contributed by atoms with E-state index >= 15 is 0 Å². The van der Waals surface area contributed by atoms with Crippen LogP contribution >= 0.6 is 0 Å². The van der Waals surface area contributed by atoms with Gasteiger partial charge in [-0.15, -0.1) is 0 Å². The topological polar surface area (TPSA) is 95.9 Å². The molecule has 176 valence electrons. The molecule has 6 rings (SSSR count). The lowest BCUT2D eigenvalue weighted by Crippen LogP contribution is -2.52. The summed E-state index contributed by atoms with van der Waals surface area (Å²) in [5, 5.41) is 12.4. The predicted octanol–water partition coefficient (Wildman–Crippen LogP) is 3.77. The largest absolute Gasteiger partial charge is 0.481 e. The van der Waals surface area contributed by atoms with Gasteiger partial charge >= 0.3 is 12.1 Å². The molecule has 34 heavy (non-hydrogen) atoms. The lowest BCUT2D eigenvalue weighted by molar-refractivity contribution is -0.143. The fourth-order valence-electron chi connectivity index (χ4n) is 6.34. The zero-order valence-corrected chi connectivity index (χ0v) is 18.9. The van der Waals surface area contributed by atoms with E-state index in [-0.39, 0.29) is 36.4 Å². The van der Waals surface area contributed by atoms with Crippen LogP contribution in [0.4, 0.5) is 4.79 Å². The Balaban J connectivity index is 1.14. The van der Waals surface area contributed by atoms with Crippen molar-refractivity contribution in [3.63, 3.8) is 0 Å². The van der Waals surface area contributed by atoms with Gasteiger partial charge < -0.3 is 20.1 Å². The number of aliphatic carboxylic acids is 1. The Bertz CT molecular complexity index is 1110. The summed E-state index contributed by atoms with van der Waals surface area (Å²) in [6.07, 6.45) is 3.23. The van der Waals surface area contributed by atoms with Crippen molar-refractivity contribution in [2.45, 2.75) is 56.1 Å². The Morgan fingerprint density at radius 1 is 0.971 bits per heavy atom. The Kier molecular flexibility index (Phi) is 5.08. The molecule has 2 heterocycles. The Hall–Kier alpha value is -3.35. The van der Waals surface area contributed by atoms with Gasteiger partial charge in [0.25, 0.3) is 0 Å². The highest BCUT2D eigenvalue weighted by molar-refractivity contribution is 5.88. The van der Waals surface area contributed by atoms with Gasteiger partial charge in [-0.2, -0.15) is 0 Å². The maximum Gasteiger partial charge on any atom is 0.407 e. The highest BCUT2D eigenvalue weighted by atomic mass is 16.5. The molecule has 2 aliphatic heterocycles. The first kappa shape index (κ1) is 21.2. The monoisotopic (exact) mass is 460 g/mol. The molecule has 2 amide bonds. The molecule has 7 heteroatoms. The smallest absolute Gasteiger partial charge is 0.407 e. The van der Waals surface area contributed by atoms with Gasteiger partial charge in [-0.3, -0.25) is 9.59 Å². The maximum absolute atomic E-state index is 13.4. The average molecular weight is 461 g/mol. The van der Waals surface area contributed by atoms with Crippen molar-refractivity contribution in [3.05, 3.63) is 59.7 Å². The van der Waals surface area contributed by atoms with Crippen LogP contribution in [0.25, 0.3) is 11.1 Å². The van der Waals surface area contributed by atoms with Crippen LogP contribution in [-0.2, 0) is 14.3 Å². The number of nitrogens with one attached hydrogen (secondary N) is 1. The number of carbonyl (C=O) groups is 3. The van der Waals surface area contributed by atoms with Crippen LogP contribution in [0.2, 0.25) is 0 Å². The van der Waals surface area contributed by atoms with E-state index in [1.807, 2.05) is 24.3 Å². The molecule has 2 aromatic rings. The van der Waals surface area contributed by atoms with Crippen molar-refractivity contribution in [1.82, 2.24) is 10.2 Å². The van der Waals surface area contributed by atoms with Gasteiger partial charge in [0.05, 0.1) is 5.92 Å². The second-order valence-electron chi connectivity index (χ2n) is 10.0. The highest BCUT2D eigenvalue weighted by Crippen LogP contribution is 2.45. The number of alkyl carbamates (subject to hydrolysis) is 1. The minimum atomic E-state index is -0.836. The number of benzene rings is 2. The molecular formula is C27H28N2O5. The first-order chi connectivity index (χ1) is 16.5. The van der Waals surface area contributed by atoms with E-state index in [0.29, 0.717) is 6.42 Å². The molecule has 4 atom stereocenters. The summed E-state index contributed by atoms with van der Waals surface area (Å²) in [4.78, 5) is 39.6. The first-order valence-electron chi connectivity index (χ1n) is 12.2. The van der Waals surface area contributed by atoms with Gasteiger partial charge in [-0.1, -0.05) is 48.5 Å². The molecule has 2 aliphatic carbocycles. The summed E-state index contributed by atoms with van der Waals surface area (Å²) in [7, 11) is 0. The molecule has 0 aromatic heterocycles. The summed E-state index contributed by atoms with van der Waals surface area (Å²) in [6.45, 7) is 0.196. The highest BCUT2D eigenvalue weighted by Gasteiger charge is 2.54. The number of hydrogen-bond acceptors (Lipinski definition) is 4. The SMILES string of the molecule is O=C(NC(C(=O)N1[C@H]2CC[C@@H]1[C@H](C(=O)O)C2)C1CC1)OCC1c2ccccc2-c2ccccc21. The molecule has 4 aliphatic rings. The van der Waals surface area contributed by atoms with Crippen molar-refractivity contribution < 1.29 is 24.2 Å². The molecular weight excluding hydrogens is 432 g/mol. The number of fused-ring (bicyclic) bond motifs is 5. The lowest BCUT2D eigenvalue weighted by atomic mass is 9.89. The lowest BCUT2D eigenvalue weighted by Gasteiger charge is -2.28. The summed E-state index contributed by atoms with van der Waals surface area (Å²) in [6, 6.07) is 15.4. The number of carbonyl (C=O) groups excluding carboxylic acids is 2. The molecule has 0 spiro atoms. The Morgan fingerprint density at radius 2 is 1.62 bits per heavy atom. The minimum absolute atomic E-state index is 0.0378. The molecule has 7 nitrogen and oxygen atoms in total. The standard InChI is InChI=1S/C27H28N2O5/c30-25(29-16-11-12-23(29)21(13-16)26(31)32)24(15-9-10-15)28-27(33)34-14-22-19-7-3-1-5-17(19)18-6-2-4-8-20(18)22/h1-8,15-16,21-24H,9-14H2,(H,28,33)(H,31,32)/t16-,21+,23+,24?/m0/s1. The molecule has 2 bridgehead atoms. The van der Waals surface area contributed by atoms with Gasteiger partial charge in [0, 0.05) is 18.0 Å². The second kappa shape index (κ2) is 8.15. The molecule has 2 aromatic carbocycles. The third-order valence-corrected chi connectivity index (χ3v) is 8.08. The van der Waals surface area contributed by atoms with Crippen molar-refractivity contribution in [3.8, 4) is 11.1 Å². The van der Waals surface area contributed by atoms with Crippen LogP contribution in [0.3, 0.4) is 0 Å². The van der Waals surface area contributed by atoms with Crippen LogP contribution in [0.1, 0.15) is 49.1 Å². The van der Waals surface area contributed by atoms with E-state index in [1.54, 1.807) is 4.90 Å². The van der Waals surface area contributed by atoms with E-state index in [0.717, 1.165) is 47.9 Å². The van der Waals surface area contributed by atoms with Crippen molar-refractivity contribution in [2.75, 3.05) is 6.61 Å². The van der Waals surface area contributed by atoms with Gasteiger partial charge in [0.1, 0.15) is 12.6 Å². The fraction of sp³-hybridized carbons (Fsp3) is 0.444. The molecule has 0 radical (unpaired) electrons. The van der Waals surface area contributed by atoms with Gasteiger partial charge in [0.15, 0.2) is 0 Å². The zero-order valence-electron chi connectivity index (χ0n) is 18.9. The van der Waals surface area contributed by atoms with E-state index in [1.165, 1.54) is 0 Å². The van der Waals surface area contributed by atoms with Gasteiger partial charge in [-0.25, -0.2) is 4.79 Å². The van der Waals surface area contributed by atoms with Crippen molar-refractivity contribution in [2.24, 2.45) is 11.8 Å². The van der Waals surface area contributed by atoms with Crippen LogP contribution in [0, 0.1) is 11.8 Å². The molecule has 2 saturated heterocycles. The number of rotatable bonds is 6. The number of nitrogens with zero attached hydrogens (tertiary/aromatic N) is 1. The van der Waals surface area contributed by atoms with Crippen LogP contribution in [-0.4, -0.2) is 52.7 Å². The number of ether oxygens (including phenoxy) is 1. The quantitative estimate of drug-likeness (QED) is 0.684. The van der Waals surface area contributed by atoms with E-state index in [9.17, 15) is 19.5 Å². The predicted molar refractivity (Wildman–Crippen MR) is 124 cm³/mol. The molecule has 1 saturated carbocycles. The Morgan fingerprint density at radius 3 is 2.21 bits per heavy atom. The summed E-state index contributed by atoms with van der Waals surface area (Å²) in [5.74, 6) is -1.43. The average Bonchev–Trinajstić information content (AvgIpc) is 3.40. The third-order valence-electron chi connectivity index (χ3n) is 8.08. The normalized spacial score (nSPS) is 25.5.